The van der Waals surface area contributed by atoms with Crippen molar-refractivity contribution in [3.8, 4) is 0 Å². The van der Waals surface area contributed by atoms with E-state index in [1.54, 1.807) is 25.1 Å². The standard InChI is InChI=1S/C19H21N5O5S/c1-14(19(25)20-15-5-3-2-4-6-15)29-24-18-13-16(7-8-17(18)21-22-24)30(26,27)23-9-11-28-12-10-23/h2-8,13-14H,9-12H2,1H3,(H,20,25). The molecular formula is C19H21N5O5S. The van der Waals surface area contributed by atoms with E-state index in [9.17, 15) is 13.2 Å². The average Bonchev–Trinajstić information content (AvgIpc) is 3.17. The predicted molar refractivity (Wildman–Crippen MR) is 108 cm³/mol. The molecule has 0 spiro atoms. The molecule has 0 radical (unpaired) electrons. The van der Waals surface area contributed by atoms with E-state index in [0.717, 1.165) is 4.85 Å². The molecule has 1 unspecified atom stereocenters. The molecular weight excluding hydrogens is 410 g/mol. The number of amides is 1. The quantitative estimate of drug-likeness (QED) is 0.617. The van der Waals surface area contributed by atoms with E-state index in [2.05, 4.69) is 15.6 Å². The number of ether oxygens (including phenoxy) is 1. The van der Waals surface area contributed by atoms with Crippen molar-refractivity contribution in [2.45, 2.75) is 17.9 Å². The van der Waals surface area contributed by atoms with E-state index in [0.29, 0.717) is 43.0 Å². The minimum Gasteiger partial charge on any atom is -0.382 e. The van der Waals surface area contributed by atoms with Crippen LogP contribution in [0.1, 0.15) is 6.92 Å². The van der Waals surface area contributed by atoms with Crippen molar-refractivity contribution in [3.63, 3.8) is 0 Å². The molecule has 1 aliphatic rings. The summed E-state index contributed by atoms with van der Waals surface area (Å²) in [6.07, 6.45) is -0.894. The third kappa shape index (κ3) is 4.13. The van der Waals surface area contributed by atoms with Crippen molar-refractivity contribution in [1.82, 2.24) is 19.5 Å². The SMILES string of the molecule is CC(On1nnc2ccc(S(=O)(=O)N3CCOCC3)cc21)C(=O)Nc1ccccc1. The number of anilines is 1. The summed E-state index contributed by atoms with van der Waals surface area (Å²) < 4.78 is 32.4. The summed E-state index contributed by atoms with van der Waals surface area (Å²) in [7, 11) is -3.68. The summed E-state index contributed by atoms with van der Waals surface area (Å²) in [4.78, 5) is 19.2. The number of fused-ring (bicyclic) bond motifs is 1. The summed E-state index contributed by atoms with van der Waals surface area (Å²) in [6, 6.07) is 13.5. The number of hydrogen-bond acceptors (Lipinski definition) is 7. The van der Waals surface area contributed by atoms with Crippen LogP contribution in [0.2, 0.25) is 0 Å². The van der Waals surface area contributed by atoms with Gasteiger partial charge in [0, 0.05) is 18.8 Å². The van der Waals surface area contributed by atoms with Crippen molar-refractivity contribution in [1.29, 1.82) is 0 Å². The predicted octanol–water partition coefficient (Wildman–Crippen LogP) is 0.908. The molecule has 2 aromatic carbocycles. The molecule has 11 heteroatoms. The lowest BCUT2D eigenvalue weighted by Crippen LogP contribution is -2.40. The van der Waals surface area contributed by atoms with Crippen molar-refractivity contribution in [3.05, 3.63) is 48.5 Å². The lowest BCUT2D eigenvalue weighted by molar-refractivity contribution is -0.127. The van der Waals surface area contributed by atoms with Gasteiger partial charge in [-0.1, -0.05) is 23.0 Å². The van der Waals surface area contributed by atoms with E-state index in [1.165, 1.54) is 16.4 Å². The molecule has 1 aliphatic heterocycles. The van der Waals surface area contributed by atoms with Gasteiger partial charge in [0.1, 0.15) is 11.0 Å². The van der Waals surface area contributed by atoms with Crippen LogP contribution in [0.3, 0.4) is 0 Å². The first-order chi connectivity index (χ1) is 14.4. The first-order valence-corrected chi connectivity index (χ1v) is 10.9. The summed E-state index contributed by atoms with van der Waals surface area (Å²) in [5, 5.41) is 10.6. The normalized spacial score (nSPS) is 16.3. The molecule has 4 rings (SSSR count). The molecule has 0 bridgehead atoms. The van der Waals surface area contributed by atoms with Crippen LogP contribution in [-0.2, 0) is 19.6 Å². The highest BCUT2D eigenvalue weighted by molar-refractivity contribution is 7.89. The Morgan fingerprint density at radius 1 is 1.17 bits per heavy atom. The maximum absolute atomic E-state index is 12.9. The number of nitrogens with one attached hydrogen (secondary N) is 1. The van der Waals surface area contributed by atoms with Crippen LogP contribution < -0.4 is 10.2 Å². The van der Waals surface area contributed by atoms with Crippen LogP contribution in [-0.4, -0.2) is 66.2 Å². The summed E-state index contributed by atoms with van der Waals surface area (Å²) in [5.74, 6) is -0.373. The van der Waals surface area contributed by atoms with Gasteiger partial charge in [-0.05, 0) is 42.5 Å². The van der Waals surface area contributed by atoms with Crippen molar-refractivity contribution >= 4 is 32.7 Å². The number of morpholine rings is 1. The Morgan fingerprint density at radius 3 is 2.63 bits per heavy atom. The number of aromatic nitrogens is 3. The Hall–Kier alpha value is -3.02. The van der Waals surface area contributed by atoms with Gasteiger partial charge < -0.3 is 14.9 Å². The highest BCUT2D eigenvalue weighted by Gasteiger charge is 2.27. The third-order valence-corrected chi connectivity index (χ3v) is 6.56. The molecule has 0 saturated carbocycles. The van der Waals surface area contributed by atoms with Crippen LogP contribution in [0.5, 0.6) is 0 Å². The van der Waals surface area contributed by atoms with E-state index >= 15 is 0 Å². The second kappa shape index (κ2) is 8.38. The molecule has 2 heterocycles. The Morgan fingerprint density at radius 2 is 1.90 bits per heavy atom. The van der Waals surface area contributed by atoms with Gasteiger partial charge in [-0.3, -0.25) is 4.79 Å². The minimum atomic E-state index is -3.68. The van der Waals surface area contributed by atoms with Gasteiger partial charge in [-0.2, -0.15) is 4.31 Å². The largest absolute Gasteiger partial charge is 0.382 e. The van der Waals surface area contributed by atoms with Gasteiger partial charge in [-0.25, -0.2) is 8.42 Å². The monoisotopic (exact) mass is 431 g/mol. The van der Waals surface area contributed by atoms with Gasteiger partial charge in [0.2, 0.25) is 16.1 Å². The zero-order valence-corrected chi connectivity index (χ0v) is 17.1. The minimum absolute atomic E-state index is 0.102. The average molecular weight is 431 g/mol. The van der Waals surface area contributed by atoms with Gasteiger partial charge >= 0.3 is 0 Å². The number of carbonyl (C=O) groups is 1. The van der Waals surface area contributed by atoms with Crippen molar-refractivity contribution in [2.24, 2.45) is 0 Å². The number of nitrogens with zero attached hydrogens (tertiary/aromatic N) is 4. The highest BCUT2D eigenvalue weighted by Crippen LogP contribution is 2.21. The van der Waals surface area contributed by atoms with Crippen LogP contribution in [0, 0.1) is 0 Å². The number of hydrogen-bond donors (Lipinski definition) is 1. The Kier molecular flexibility index (Phi) is 5.66. The molecule has 3 aromatic rings. The molecule has 1 saturated heterocycles. The van der Waals surface area contributed by atoms with Crippen molar-refractivity contribution in [2.75, 3.05) is 31.6 Å². The molecule has 1 fully saturated rings. The van der Waals surface area contributed by atoms with Crippen LogP contribution in [0.4, 0.5) is 5.69 Å². The fraction of sp³-hybridized carbons (Fsp3) is 0.316. The summed E-state index contributed by atoms with van der Waals surface area (Å²) in [5.41, 5.74) is 1.44. The lowest BCUT2D eigenvalue weighted by atomic mass is 10.3. The fourth-order valence-corrected chi connectivity index (χ4v) is 4.44. The maximum Gasteiger partial charge on any atom is 0.267 e. The van der Waals surface area contributed by atoms with Gasteiger partial charge in [0.25, 0.3) is 5.91 Å². The molecule has 30 heavy (non-hydrogen) atoms. The van der Waals surface area contributed by atoms with Crippen LogP contribution >= 0.6 is 0 Å². The number of sulfonamides is 1. The summed E-state index contributed by atoms with van der Waals surface area (Å²) >= 11 is 0. The zero-order chi connectivity index (χ0) is 21.1. The van der Waals surface area contributed by atoms with Gasteiger partial charge in [0.15, 0.2) is 0 Å². The number of carbonyl (C=O) groups excluding carboxylic acids is 1. The molecule has 1 aromatic heterocycles. The third-order valence-electron chi connectivity index (χ3n) is 4.66. The van der Waals surface area contributed by atoms with E-state index in [1.807, 2.05) is 18.2 Å². The van der Waals surface area contributed by atoms with E-state index < -0.39 is 16.1 Å². The Bertz CT molecular complexity index is 1140. The fourth-order valence-electron chi connectivity index (χ4n) is 3.02. The number of para-hydroxylation sites is 1. The highest BCUT2D eigenvalue weighted by atomic mass is 32.2. The topological polar surface area (TPSA) is 116 Å². The van der Waals surface area contributed by atoms with E-state index in [-0.39, 0.29) is 10.8 Å². The van der Waals surface area contributed by atoms with Crippen LogP contribution in [0.25, 0.3) is 11.0 Å². The number of benzene rings is 2. The first-order valence-electron chi connectivity index (χ1n) is 9.41. The molecule has 1 atom stereocenters. The Labute approximate surface area is 173 Å². The molecule has 158 valence electrons. The van der Waals surface area contributed by atoms with Gasteiger partial charge in [-0.15, -0.1) is 5.10 Å². The number of rotatable bonds is 6. The smallest absolute Gasteiger partial charge is 0.267 e. The Balaban J connectivity index is 1.55. The molecule has 0 aliphatic carbocycles. The lowest BCUT2D eigenvalue weighted by Gasteiger charge is -2.26. The van der Waals surface area contributed by atoms with Crippen LogP contribution in [0.15, 0.2) is 53.4 Å². The first kappa shape index (κ1) is 20.3. The molecule has 10 nitrogen and oxygen atoms in total. The second-order valence-corrected chi connectivity index (χ2v) is 8.67. The molecule has 1 amide bonds. The summed E-state index contributed by atoms with van der Waals surface area (Å²) in [6.45, 7) is 2.88. The maximum atomic E-state index is 12.9. The molecule has 1 N–H and O–H groups in total. The second-order valence-electron chi connectivity index (χ2n) is 6.73. The van der Waals surface area contributed by atoms with Gasteiger partial charge in [0.05, 0.1) is 18.1 Å². The van der Waals surface area contributed by atoms with Crippen molar-refractivity contribution < 1.29 is 22.8 Å². The van der Waals surface area contributed by atoms with E-state index in [4.69, 9.17) is 9.57 Å². The zero-order valence-electron chi connectivity index (χ0n) is 16.3.